The van der Waals surface area contributed by atoms with Gasteiger partial charge in [-0.25, -0.2) is 4.57 Å². The van der Waals surface area contributed by atoms with Crippen LogP contribution in [-0.4, -0.2) is 66.3 Å². The highest BCUT2D eigenvalue weighted by Gasteiger charge is 2.26. The summed E-state index contributed by atoms with van der Waals surface area (Å²) in [5, 5.41) is 18.3. The van der Waals surface area contributed by atoms with Crippen molar-refractivity contribution in [2.45, 2.75) is 167 Å². The quantitative estimate of drug-likeness (QED) is 0.0260. The van der Waals surface area contributed by atoms with E-state index in [1.165, 1.54) is 70.6 Å². The van der Waals surface area contributed by atoms with Crippen LogP contribution in [-0.2, 0) is 27.9 Å². The number of hydrogen-bond acceptors (Lipinski definition) is 8. The normalized spacial score (nSPS) is 14.6. The zero-order valence-corrected chi connectivity index (χ0v) is 30.2. The highest BCUT2D eigenvalue weighted by Crippen LogP contribution is 2.43. The number of allylic oxidation sites excluding steroid dienone is 4. The van der Waals surface area contributed by atoms with E-state index in [0.717, 1.165) is 57.8 Å². The molecule has 0 amide bonds. The SMILES string of the molecule is CCC/C=C\C/C=C\CCCCCCCC(=O)OC(COCCCCCCCCCCCCCC)COP(=O)(O)OCC(O)CO. The molecule has 0 spiro atoms. The summed E-state index contributed by atoms with van der Waals surface area (Å²) in [5.74, 6) is -0.397. The maximum Gasteiger partial charge on any atom is 0.472 e. The second-order valence-corrected chi connectivity index (χ2v) is 13.7. The first-order chi connectivity index (χ1) is 22.3. The first kappa shape index (κ1) is 44.9. The van der Waals surface area contributed by atoms with E-state index < -0.39 is 39.2 Å². The number of phosphoric ester groups is 1. The van der Waals surface area contributed by atoms with E-state index in [-0.39, 0.29) is 19.6 Å². The van der Waals surface area contributed by atoms with Crippen LogP contribution in [0.3, 0.4) is 0 Å². The van der Waals surface area contributed by atoms with Crippen molar-refractivity contribution in [2.24, 2.45) is 0 Å². The number of hydrogen-bond donors (Lipinski definition) is 3. The van der Waals surface area contributed by atoms with E-state index in [9.17, 15) is 19.4 Å². The molecule has 0 fully saturated rings. The Morgan fingerprint density at radius 3 is 1.83 bits per heavy atom. The summed E-state index contributed by atoms with van der Waals surface area (Å²) in [6.07, 6.45) is 31.3. The molecule has 46 heavy (non-hydrogen) atoms. The minimum absolute atomic E-state index is 0.0466. The first-order valence-corrected chi connectivity index (χ1v) is 19.8. The second-order valence-electron chi connectivity index (χ2n) is 12.2. The van der Waals surface area contributed by atoms with Gasteiger partial charge >= 0.3 is 13.8 Å². The topological polar surface area (TPSA) is 132 Å². The Kier molecular flexibility index (Phi) is 33.0. The van der Waals surface area contributed by atoms with Gasteiger partial charge < -0.3 is 24.6 Å². The summed E-state index contributed by atoms with van der Waals surface area (Å²) in [5.41, 5.74) is 0. The van der Waals surface area contributed by atoms with Crippen molar-refractivity contribution in [2.75, 3.05) is 33.0 Å². The Morgan fingerprint density at radius 1 is 0.674 bits per heavy atom. The van der Waals surface area contributed by atoms with Crippen LogP contribution < -0.4 is 0 Å². The molecule has 0 aromatic heterocycles. The zero-order valence-electron chi connectivity index (χ0n) is 29.3. The van der Waals surface area contributed by atoms with Crippen molar-refractivity contribution in [3.63, 3.8) is 0 Å². The van der Waals surface area contributed by atoms with Gasteiger partial charge in [-0.15, -0.1) is 0 Å². The lowest BCUT2D eigenvalue weighted by Gasteiger charge is -2.20. The van der Waals surface area contributed by atoms with Crippen LogP contribution in [0.2, 0.25) is 0 Å². The second kappa shape index (κ2) is 33.8. The van der Waals surface area contributed by atoms with Crippen molar-refractivity contribution in [3.8, 4) is 0 Å². The van der Waals surface area contributed by atoms with Crippen molar-refractivity contribution >= 4 is 13.8 Å². The molecule has 10 heteroatoms. The average molecular weight is 677 g/mol. The van der Waals surface area contributed by atoms with Gasteiger partial charge in [0.1, 0.15) is 12.2 Å². The van der Waals surface area contributed by atoms with Crippen molar-refractivity contribution in [1.82, 2.24) is 0 Å². The number of carbonyl (C=O) groups excluding carboxylic acids is 1. The molecule has 0 radical (unpaired) electrons. The van der Waals surface area contributed by atoms with E-state index >= 15 is 0 Å². The molecule has 0 aliphatic heterocycles. The number of unbranched alkanes of at least 4 members (excludes halogenated alkanes) is 17. The lowest BCUT2D eigenvalue weighted by molar-refractivity contribution is -0.154. The molecule has 0 aromatic carbocycles. The maximum atomic E-state index is 12.5. The third-order valence-corrected chi connectivity index (χ3v) is 8.57. The van der Waals surface area contributed by atoms with Gasteiger partial charge in [0.05, 0.1) is 26.4 Å². The third-order valence-electron chi connectivity index (χ3n) is 7.62. The summed E-state index contributed by atoms with van der Waals surface area (Å²) in [6, 6.07) is 0. The van der Waals surface area contributed by atoms with Crippen molar-refractivity contribution < 1.29 is 43.0 Å². The van der Waals surface area contributed by atoms with E-state index in [1.807, 2.05) is 0 Å². The number of carbonyl (C=O) groups is 1. The molecule has 0 aromatic rings. The highest BCUT2D eigenvalue weighted by molar-refractivity contribution is 7.47. The molecule has 0 bridgehead atoms. The molecule has 0 rings (SSSR count). The molecule has 0 heterocycles. The molecule has 272 valence electrons. The molecule has 0 saturated heterocycles. The monoisotopic (exact) mass is 676 g/mol. The van der Waals surface area contributed by atoms with Crippen molar-refractivity contribution in [3.05, 3.63) is 24.3 Å². The molecular formula is C36H69O9P. The molecule has 3 N–H and O–H groups in total. The van der Waals surface area contributed by atoms with Gasteiger partial charge in [-0.2, -0.15) is 0 Å². The molecule has 0 aliphatic carbocycles. The van der Waals surface area contributed by atoms with Gasteiger partial charge in [0, 0.05) is 13.0 Å². The summed E-state index contributed by atoms with van der Waals surface area (Å²) in [7, 11) is -4.51. The standard InChI is InChI=1S/C36H69O9P/c1-3-5-7-9-11-13-15-17-18-20-22-24-26-28-36(39)45-35(33-44-46(40,41)43-31-34(38)30-37)32-42-29-27-25-23-21-19-16-14-12-10-8-6-4-2/h7,9,13,15,34-35,37-38H,3-6,8,10-12,14,16-33H2,1-2H3,(H,40,41)/b9-7-,15-13-. The first-order valence-electron chi connectivity index (χ1n) is 18.3. The highest BCUT2D eigenvalue weighted by atomic mass is 31.2. The van der Waals surface area contributed by atoms with Gasteiger partial charge in [0.15, 0.2) is 0 Å². The average Bonchev–Trinajstić information content (AvgIpc) is 3.04. The van der Waals surface area contributed by atoms with Gasteiger partial charge in [0.25, 0.3) is 0 Å². The number of phosphoric acid groups is 1. The lowest BCUT2D eigenvalue weighted by atomic mass is 10.1. The zero-order chi connectivity index (χ0) is 34.0. The van der Waals surface area contributed by atoms with Gasteiger partial charge in [-0.05, 0) is 38.5 Å². The van der Waals surface area contributed by atoms with Gasteiger partial charge in [-0.3, -0.25) is 13.8 Å². The fourth-order valence-electron chi connectivity index (χ4n) is 4.80. The fraction of sp³-hybridized carbons (Fsp3) is 0.861. The third kappa shape index (κ3) is 32.9. The fourth-order valence-corrected chi connectivity index (χ4v) is 5.59. The molecule has 0 saturated carbocycles. The molecular weight excluding hydrogens is 607 g/mol. The van der Waals surface area contributed by atoms with Crippen LogP contribution in [0.15, 0.2) is 24.3 Å². The van der Waals surface area contributed by atoms with E-state index in [1.54, 1.807) is 0 Å². The van der Waals surface area contributed by atoms with Gasteiger partial charge in [0.2, 0.25) is 0 Å². The predicted octanol–water partition coefficient (Wildman–Crippen LogP) is 9.14. The summed E-state index contributed by atoms with van der Waals surface area (Å²) < 4.78 is 33.2. The number of ether oxygens (including phenoxy) is 2. The Hall–Kier alpha value is -1.06. The summed E-state index contributed by atoms with van der Waals surface area (Å²) >= 11 is 0. The largest absolute Gasteiger partial charge is 0.472 e. The summed E-state index contributed by atoms with van der Waals surface area (Å²) in [4.78, 5) is 22.4. The van der Waals surface area contributed by atoms with Crippen molar-refractivity contribution in [1.29, 1.82) is 0 Å². The van der Waals surface area contributed by atoms with Crippen LogP contribution >= 0.6 is 7.82 Å². The number of rotatable bonds is 35. The van der Waals surface area contributed by atoms with Crippen LogP contribution in [0, 0.1) is 0 Å². The lowest BCUT2D eigenvalue weighted by Crippen LogP contribution is -2.29. The van der Waals surface area contributed by atoms with Gasteiger partial charge in [-0.1, -0.05) is 134 Å². The Balaban J connectivity index is 4.27. The number of aliphatic hydroxyl groups excluding tert-OH is 2. The molecule has 3 atom stereocenters. The Morgan fingerprint density at radius 2 is 1.22 bits per heavy atom. The Labute approximate surface area is 281 Å². The Bertz CT molecular complexity index is 775. The van der Waals surface area contributed by atoms with E-state index in [2.05, 4.69) is 38.2 Å². The summed E-state index contributed by atoms with van der Waals surface area (Å²) in [6.45, 7) is 3.43. The molecule has 3 unspecified atom stereocenters. The number of aliphatic hydroxyl groups is 2. The van der Waals surface area contributed by atoms with E-state index in [4.69, 9.17) is 23.6 Å². The minimum Gasteiger partial charge on any atom is -0.457 e. The predicted molar refractivity (Wildman–Crippen MR) is 187 cm³/mol. The maximum absolute atomic E-state index is 12.5. The van der Waals surface area contributed by atoms with E-state index in [0.29, 0.717) is 13.0 Å². The van der Waals surface area contributed by atoms with Crippen LogP contribution in [0.25, 0.3) is 0 Å². The molecule has 0 aliphatic rings. The van der Waals surface area contributed by atoms with Crippen LogP contribution in [0.5, 0.6) is 0 Å². The van der Waals surface area contributed by atoms with Crippen LogP contribution in [0.4, 0.5) is 0 Å². The smallest absolute Gasteiger partial charge is 0.457 e. The number of esters is 1. The molecule has 9 nitrogen and oxygen atoms in total. The minimum atomic E-state index is -4.51. The van der Waals surface area contributed by atoms with Crippen LogP contribution in [0.1, 0.15) is 155 Å².